The molecule has 0 saturated heterocycles. The van der Waals surface area contributed by atoms with E-state index in [4.69, 9.17) is 5.73 Å². The summed E-state index contributed by atoms with van der Waals surface area (Å²) in [6.07, 6.45) is 2.48. The SMILES string of the molecule is CCN(CC)c1ccccc1C1(C(C)N)CC1. The van der Waals surface area contributed by atoms with E-state index in [0.29, 0.717) is 0 Å². The van der Waals surface area contributed by atoms with Crippen LogP contribution in [-0.4, -0.2) is 19.1 Å². The van der Waals surface area contributed by atoms with Gasteiger partial charge in [0.2, 0.25) is 0 Å². The third-order valence-electron chi connectivity index (χ3n) is 4.20. The lowest BCUT2D eigenvalue weighted by Crippen LogP contribution is -2.34. The minimum absolute atomic E-state index is 0.249. The zero-order chi connectivity index (χ0) is 12.5. The van der Waals surface area contributed by atoms with Gasteiger partial charge in [-0.2, -0.15) is 0 Å². The molecule has 2 heteroatoms. The first-order chi connectivity index (χ1) is 8.15. The van der Waals surface area contributed by atoms with Gasteiger partial charge in [0, 0.05) is 30.2 Å². The van der Waals surface area contributed by atoms with Gasteiger partial charge in [-0.25, -0.2) is 0 Å². The zero-order valence-electron chi connectivity index (χ0n) is 11.2. The summed E-state index contributed by atoms with van der Waals surface area (Å²) in [6, 6.07) is 9.03. The Morgan fingerprint density at radius 3 is 2.29 bits per heavy atom. The van der Waals surface area contributed by atoms with Crippen molar-refractivity contribution in [2.45, 2.75) is 45.1 Å². The first-order valence-electron chi connectivity index (χ1n) is 6.75. The van der Waals surface area contributed by atoms with Crippen molar-refractivity contribution in [2.24, 2.45) is 5.73 Å². The molecule has 1 aliphatic rings. The van der Waals surface area contributed by atoms with Gasteiger partial charge in [0.15, 0.2) is 0 Å². The Morgan fingerprint density at radius 2 is 1.82 bits per heavy atom. The molecule has 1 saturated carbocycles. The summed E-state index contributed by atoms with van der Waals surface area (Å²) in [5.41, 5.74) is 9.29. The van der Waals surface area contributed by atoms with Crippen LogP contribution in [0.3, 0.4) is 0 Å². The normalized spacial score (nSPS) is 18.8. The van der Waals surface area contributed by atoms with Crippen LogP contribution in [0.5, 0.6) is 0 Å². The molecular formula is C15H24N2. The predicted molar refractivity (Wildman–Crippen MR) is 74.6 cm³/mol. The Bertz CT molecular complexity index is 376. The number of para-hydroxylation sites is 1. The summed E-state index contributed by atoms with van der Waals surface area (Å²) in [6.45, 7) is 8.69. The summed E-state index contributed by atoms with van der Waals surface area (Å²) in [5, 5.41) is 0. The van der Waals surface area contributed by atoms with E-state index >= 15 is 0 Å². The summed E-state index contributed by atoms with van der Waals surface area (Å²) < 4.78 is 0. The van der Waals surface area contributed by atoms with Gasteiger partial charge < -0.3 is 10.6 Å². The first-order valence-corrected chi connectivity index (χ1v) is 6.75. The molecule has 0 heterocycles. The Kier molecular flexibility index (Phi) is 3.43. The summed E-state index contributed by atoms with van der Waals surface area (Å²) >= 11 is 0. The van der Waals surface area contributed by atoms with E-state index < -0.39 is 0 Å². The van der Waals surface area contributed by atoms with Crippen LogP contribution >= 0.6 is 0 Å². The smallest absolute Gasteiger partial charge is 0.0404 e. The van der Waals surface area contributed by atoms with E-state index in [1.54, 1.807) is 0 Å². The second kappa shape index (κ2) is 4.69. The number of hydrogen-bond acceptors (Lipinski definition) is 2. The van der Waals surface area contributed by atoms with Crippen LogP contribution in [0.4, 0.5) is 5.69 Å². The molecule has 1 unspecified atom stereocenters. The topological polar surface area (TPSA) is 29.3 Å². The highest BCUT2D eigenvalue weighted by molar-refractivity contribution is 5.59. The minimum Gasteiger partial charge on any atom is -0.372 e. The molecule has 1 aromatic carbocycles. The Hall–Kier alpha value is -1.02. The molecule has 1 atom stereocenters. The van der Waals surface area contributed by atoms with Gasteiger partial charge in [-0.15, -0.1) is 0 Å². The lowest BCUT2D eigenvalue weighted by molar-refractivity contribution is 0.555. The monoisotopic (exact) mass is 232 g/mol. The second-order valence-corrected chi connectivity index (χ2v) is 5.13. The molecule has 1 fully saturated rings. The van der Waals surface area contributed by atoms with Crippen LogP contribution < -0.4 is 10.6 Å². The van der Waals surface area contributed by atoms with Crippen molar-refractivity contribution in [2.75, 3.05) is 18.0 Å². The molecule has 0 spiro atoms. The van der Waals surface area contributed by atoms with Gasteiger partial charge in [0.1, 0.15) is 0 Å². The third-order valence-corrected chi connectivity index (χ3v) is 4.20. The van der Waals surface area contributed by atoms with Crippen LogP contribution in [-0.2, 0) is 5.41 Å². The minimum atomic E-state index is 0.249. The van der Waals surface area contributed by atoms with Crippen molar-refractivity contribution >= 4 is 5.69 Å². The molecule has 17 heavy (non-hydrogen) atoms. The highest BCUT2D eigenvalue weighted by Gasteiger charge is 2.48. The number of nitrogens with zero attached hydrogens (tertiary/aromatic N) is 1. The van der Waals surface area contributed by atoms with E-state index in [1.165, 1.54) is 24.1 Å². The average molecular weight is 232 g/mol. The maximum atomic E-state index is 6.20. The zero-order valence-corrected chi connectivity index (χ0v) is 11.2. The van der Waals surface area contributed by atoms with Crippen LogP contribution in [0.25, 0.3) is 0 Å². The molecule has 1 aromatic rings. The third kappa shape index (κ3) is 2.06. The van der Waals surface area contributed by atoms with E-state index in [1.807, 2.05) is 0 Å². The molecule has 0 aromatic heterocycles. The molecule has 1 aliphatic carbocycles. The molecule has 2 nitrogen and oxygen atoms in total. The fourth-order valence-corrected chi connectivity index (χ4v) is 2.84. The van der Waals surface area contributed by atoms with Gasteiger partial charge in [0.25, 0.3) is 0 Å². The molecule has 0 amide bonds. The molecule has 0 radical (unpaired) electrons. The van der Waals surface area contributed by atoms with Crippen LogP contribution in [0.1, 0.15) is 39.2 Å². The molecule has 0 aliphatic heterocycles. The number of hydrogen-bond donors (Lipinski definition) is 1. The van der Waals surface area contributed by atoms with Gasteiger partial charge in [-0.3, -0.25) is 0 Å². The van der Waals surface area contributed by atoms with Crippen molar-refractivity contribution < 1.29 is 0 Å². The summed E-state index contributed by atoms with van der Waals surface area (Å²) in [7, 11) is 0. The number of anilines is 1. The second-order valence-electron chi connectivity index (χ2n) is 5.13. The maximum Gasteiger partial charge on any atom is 0.0404 e. The Labute approximate surface area is 105 Å². The molecule has 2 rings (SSSR count). The van der Waals surface area contributed by atoms with Crippen molar-refractivity contribution in [3.8, 4) is 0 Å². The van der Waals surface area contributed by atoms with Crippen molar-refractivity contribution in [3.63, 3.8) is 0 Å². The molecule has 2 N–H and O–H groups in total. The maximum absolute atomic E-state index is 6.20. The van der Waals surface area contributed by atoms with Crippen LogP contribution in [0, 0.1) is 0 Å². The van der Waals surface area contributed by atoms with Gasteiger partial charge >= 0.3 is 0 Å². The number of nitrogens with two attached hydrogens (primary N) is 1. The van der Waals surface area contributed by atoms with Crippen LogP contribution in [0.2, 0.25) is 0 Å². The standard InChI is InChI=1S/C15H24N2/c1-4-17(5-2)14-9-7-6-8-13(14)15(10-11-15)12(3)16/h6-9,12H,4-5,10-11,16H2,1-3H3. The van der Waals surface area contributed by atoms with Gasteiger partial charge in [-0.05, 0) is 45.2 Å². The lowest BCUT2D eigenvalue weighted by Gasteiger charge is -2.29. The Morgan fingerprint density at radius 1 is 1.24 bits per heavy atom. The Balaban J connectivity index is 2.41. The molecule has 0 bridgehead atoms. The highest BCUT2D eigenvalue weighted by atomic mass is 15.1. The van der Waals surface area contributed by atoms with E-state index in [0.717, 1.165) is 13.1 Å². The van der Waals surface area contributed by atoms with Crippen molar-refractivity contribution in [1.29, 1.82) is 0 Å². The first kappa shape index (κ1) is 12.4. The summed E-state index contributed by atoms with van der Waals surface area (Å²) in [5.74, 6) is 0. The van der Waals surface area contributed by atoms with Crippen molar-refractivity contribution in [1.82, 2.24) is 0 Å². The van der Waals surface area contributed by atoms with E-state index in [2.05, 4.69) is 49.9 Å². The van der Waals surface area contributed by atoms with Gasteiger partial charge in [0.05, 0.1) is 0 Å². The number of benzene rings is 1. The summed E-state index contributed by atoms with van der Waals surface area (Å²) in [4.78, 5) is 2.43. The van der Waals surface area contributed by atoms with Crippen LogP contribution in [0.15, 0.2) is 24.3 Å². The molecule has 94 valence electrons. The number of rotatable bonds is 5. The lowest BCUT2D eigenvalue weighted by atomic mass is 9.88. The quantitative estimate of drug-likeness (QED) is 0.846. The largest absolute Gasteiger partial charge is 0.372 e. The molecular weight excluding hydrogens is 208 g/mol. The fourth-order valence-electron chi connectivity index (χ4n) is 2.84. The average Bonchev–Trinajstić information content (AvgIpc) is 3.12. The van der Waals surface area contributed by atoms with Gasteiger partial charge in [-0.1, -0.05) is 18.2 Å². The predicted octanol–water partition coefficient (Wildman–Crippen LogP) is 2.91. The fraction of sp³-hybridized carbons (Fsp3) is 0.600. The van der Waals surface area contributed by atoms with E-state index in [9.17, 15) is 0 Å². The highest BCUT2D eigenvalue weighted by Crippen LogP contribution is 2.53. The van der Waals surface area contributed by atoms with E-state index in [-0.39, 0.29) is 11.5 Å². The van der Waals surface area contributed by atoms with Crippen molar-refractivity contribution in [3.05, 3.63) is 29.8 Å².